The third-order valence-corrected chi connectivity index (χ3v) is 18.7. The Labute approximate surface area is 393 Å². The highest BCUT2D eigenvalue weighted by atomic mass is 33.1. The van der Waals surface area contributed by atoms with E-state index in [-0.39, 0.29) is 53.1 Å². The van der Waals surface area contributed by atoms with Crippen molar-refractivity contribution in [2.75, 3.05) is 24.7 Å². The third kappa shape index (κ3) is 9.69. The molecule has 3 aromatic rings. The number of benzene rings is 2. The zero-order valence-corrected chi connectivity index (χ0v) is 39.6. The minimum absolute atomic E-state index is 0.0143. The van der Waals surface area contributed by atoms with Gasteiger partial charge in [-0.2, -0.15) is 0 Å². The average molecular weight is 920 g/mol. The number of aromatic hydroxyl groups is 1. The number of dihydropyridines is 1. The summed E-state index contributed by atoms with van der Waals surface area (Å²) in [5.41, 5.74) is 14.3. The predicted molar refractivity (Wildman–Crippen MR) is 262 cm³/mol. The molecule has 3 heterocycles. The lowest BCUT2D eigenvalue weighted by atomic mass is 9.68. The molecule has 9 nitrogen and oxygen atoms in total. The average Bonchev–Trinajstić information content (AvgIpc) is 3.66. The van der Waals surface area contributed by atoms with Crippen molar-refractivity contribution in [3.8, 4) is 23.3 Å². The van der Waals surface area contributed by atoms with E-state index in [4.69, 9.17) is 10.5 Å². The Morgan fingerprint density at radius 1 is 1.00 bits per heavy atom. The topological polar surface area (TPSA) is 164 Å². The van der Waals surface area contributed by atoms with Crippen LogP contribution in [0.1, 0.15) is 93.5 Å². The van der Waals surface area contributed by atoms with Crippen molar-refractivity contribution in [2.45, 2.75) is 115 Å². The van der Waals surface area contributed by atoms with Gasteiger partial charge in [-0.3, -0.25) is 0 Å². The first-order valence-corrected chi connectivity index (χ1v) is 26.8. The normalized spacial score (nSPS) is 34.3. The lowest BCUT2D eigenvalue weighted by molar-refractivity contribution is -0.0346. The van der Waals surface area contributed by atoms with E-state index in [0.717, 1.165) is 79.3 Å². The van der Waals surface area contributed by atoms with Crippen LogP contribution in [0.5, 0.6) is 11.5 Å². The maximum absolute atomic E-state index is 12.5. The molecule has 9 rings (SSSR count). The number of aromatic amines is 1. The van der Waals surface area contributed by atoms with Gasteiger partial charge in [-0.05, 0) is 134 Å². The number of H-pyrrole nitrogens is 1. The monoisotopic (exact) mass is 919 g/mol. The number of ether oxygens (including phenoxy) is 1. The van der Waals surface area contributed by atoms with E-state index in [1.807, 2.05) is 24.4 Å². The van der Waals surface area contributed by atoms with E-state index in [0.29, 0.717) is 49.1 Å². The second kappa shape index (κ2) is 20.2. The van der Waals surface area contributed by atoms with Crippen LogP contribution in [0.2, 0.25) is 0 Å². The molecule has 6 aliphatic rings. The van der Waals surface area contributed by atoms with Crippen LogP contribution >= 0.6 is 21.6 Å². The van der Waals surface area contributed by atoms with Crippen molar-refractivity contribution < 1.29 is 30.3 Å². The molecule has 9 N–H and O–H groups in total. The lowest BCUT2D eigenvalue weighted by Crippen LogP contribution is -2.42. The first-order chi connectivity index (χ1) is 31.6. The predicted octanol–water partition coefficient (Wildman–Crippen LogP) is 8.19. The van der Waals surface area contributed by atoms with E-state index >= 15 is 0 Å². The quantitative estimate of drug-likeness (QED) is 0.0597. The Bertz CT molecular complexity index is 2290. The number of aliphatic hydroxyl groups is 4. The number of phenols is 1. The van der Waals surface area contributed by atoms with E-state index < -0.39 is 36.3 Å². The summed E-state index contributed by atoms with van der Waals surface area (Å²) in [7, 11) is 3.28. The summed E-state index contributed by atoms with van der Waals surface area (Å²) in [5.74, 6) is 9.08. The fourth-order valence-corrected chi connectivity index (χ4v) is 15.0. The number of nitrogens with one attached hydrogen (secondary N) is 2. The van der Waals surface area contributed by atoms with E-state index in [1.54, 1.807) is 21.6 Å². The highest BCUT2D eigenvalue weighted by molar-refractivity contribution is 8.76. The van der Waals surface area contributed by atoms with Crippen LogP contribution in [0.15, 0.2) is 95.5 Å². The van der Waals surface area contributed by atoms with Gasteiger partial charge >= 0.3 is 0 Å². The number of hydrogen-bond acceptors (Lipinski definition) is 10. The molecule has 2 aromatic carbocycles. The zero-order chi connectivity index (χ0) is 45.2. The van der Waals surface area contributed by atoms with Gasteiger partial charge in [0.25, 0.3) is 0 Å². The van der Waals surface area contributed by atoms with Crippen LogP contribution in [0.3, 0.4) is 0 Å². The van der Waals surface area contributed by atoms with Gasteiger partial charge in [0.2, 0.25) is 0 Å². The Morgan fingerprint density at radius 3 is 2.63 bits per heavy atom. The zero-order valence-electron chi connectivity index (χ0n) is 38.0. The molecular weight excluding hydrogens is 851 g/mol. The maximum atomic E-state index is 12.5. The first kappa shape index (κ1) is 46.4. The largest absolute Gasteiger partial charge is 0.504 e. The lowest BCUT2D eigenvalue weighted by Gasteiger charge is -2.37. The minimum atomic E-state index is -1.03. The Hall–Kier alpha value is -3.76. The molecule has 1 aromatic heterocycles. The Morgan fingerprint density at radius 2 is 1.85 bits per heavy atom. The molecular formula is C54H69N3O6S2. The molecule has 2 bridgehead atoms. The number of allylic oxidation sites excluding steroid dienone is 3. The first-order valence-electron chi connectivity index (χ1n) is 24.3. The van der Waals surface area contributed by atoms with Crippen molar-refractivity contribution in [3.05, 3.63) is 118 Å². The van der Waals surface area contributed by atoms with E-state index in [1.165, 1.54) is 11.1 Å². The van der Waals surface area contributed by atoms with Crippen molar-refractivity contribution in [1.82, 2.24) is 10.3 Å². The fourth-order valence-electron chi connectivity index (χ4n) is 12.5. The summed E-state index contributed by atoms with van der Waals surface area (Å²) in [5, 5.41) is 62.9. The van der Waals surface area contributed by atoms with Crippen molar-refractivity contribution in [2.24, 2.45) is 52.6 Å². The summed E-state index contributed by atoms with van der Waals surface area (Å²) in [6, 6.07) is 18.6. The summed E-state index contributed by atoms with van der Waals surface area (Å²) in [6.45, 7) is 4.97. The molecule has 0 amide bonds. The van der Waals surface area contributed by atoms with Gasteiger partial charge < -0.3 is 46.3 Å². The van der Waals surface area contributed by atoms with E-state index in [9.17, 15) is 25.5 Å². The van der Waals surface area contributed by atoms with Crippen LogP contribution in [0, 0.1) is 58.7 Å². The highest BCUT2D eigenvalue weighted by Gasteiger charge is 2.47. The molecule has 65 heavy (non-hydrogen) atoms. The second-order valence-electron chi connectivity index (χ2n) is 20.1. The van der Waals surface area contributed by atoms with E-state index in [2.05, 4.69) is 84.5 Å². The van der Waals surface area contributed by atoms with Gasteiger partial charge in [0, 0.05) is 71.2 Å². The van der Waals surface area contributed by atoms with Crippen LogP contribution in [-0.4, -0.2) is 79.6 Å². The number of fused-ring (bicyclic) bond motifs is 8. The van der Waals surface area contributed by atoms with Gasteiger partial charge in [0.1, 0.15) is 11.9 Å². The molecule has 348 valence electrons. The van der Waals surface area contributed by atoms with Crippen LogP contribution in [0.4, 0.5) is 0 Å². The minimum Gasteiger partial charge on any atom is -0.504 e. The summed E-state index contributed by atoms with van der Waals surface area (Å²) >= 11 is 0. The summed E-state index contributed by atoms with van der Waals surface area (Å²) < 4.78 is 6.93. The van der Waals surface area contributed by atoms with Crippen LogP contribution < -0.4 is 15.8 Å². The number of hydrogen-bond donors (Lipinski definition) is 8. The fraction of sp³-hybridized carbons (Fsp3) is 0.556. The number of aromatic nitrogens is 1. The molecule has 1 saturated carbocycles. The number of phenolic OH excluding ortho intramolecular Hbond substituents is 1. The molecule has 0 radical (unpaired) electrons. The Balaban J connectivity index is 1.08. The van der Waals surface area contributed by atoms with Crippen LogP contribution in [0.25, 0.3) is 0 Å². The number of aliphatic hydroxyl groups excluding tert-OH is 4. The van der Waals surface area contributed by atoms with Gasteiger partial charge in [0.05, 0.1) is 18.3 Å². The molecule has 13 atom stereocenters. The summed E-state index contributed by atoms with van der Waals surface area (Å²) in [4.78, 5) is 3.37. The van der Waals surface area contributed by atoms with Crippen molar-refractivity contribution >= 4 is 21.6 Å². The van der Waals surface area contributed by atoms with Crippen molar-refractivity contribution in [3.63, 3.8) is 0 Å². The van der Waals surface area contributed by atoms with Gasteiger partial charge in [-0.25, -0.2) is 0 Å². The highest BCUT2D eigenvalue weighted by Crippen LogP contribution is 2.53. The molecule has 2 fully saturated rings. The molecule has 11 heteroatoms. The summed E-state index contributed by atoms with van der Waals surface area (Å²) in [6.07, 6.45) is 12.1. The number of nitrogens with two attached hydrogens (primary N) is 1. The maximum Gasteiger partial charge on any atom is 0.161 e. The third-order valence-electron chi connectivity index (χ3n) is 16.3. The number of rotatable bonds is 9. The standard InChI is InChI=1S/C54H69N3O6S2/c1-3-34-22-37-25-46(59)48(63-49-26-38(23-40-12-8-19-56-40)41-15-20-57-53(55)45(41)31-65-64-30-39(29-58)51(49)61)28-43(37)44-27-47(60)50-36(24-42(34)44)14-18-54(16-7-11-35(13-17-54)52(50)62)32(2)21-33-9-5-4-6-10-33/h4-6,8-10,12,15,19,24-25,28,32,34-36,38-39,44,47,49-52,56-62H,3,7,11,13,16-17,20-23,26-27,29-31,55H2,1-2H3. The van der Waals surface area contributed by atoms with Gasteiger partial charge in [-0.1, -0.05) is 102 Å². The molecule has 2 aliphatic heterocycles. The SMILES string of the molecule is CCC1Cc2cc(O)c(OC3CC(Cc4ccc[nH]4)C4=CCNC(N)=C4CSSCC(CO)C3O)cc2C2CC(O)C3C(C#CC4(C(C)Cc5ccccc5)CCCC(CC4)C3O)C=C12. The smallest absolute Gasteiger partial charge is 0.161 e. The van der Waals surface area contributed by atoms with Gasteiger partial charge in [0.15, 0.2) is 11.5 Å². The van der Waals surface area contributed by atoms with Crippen LogP contribution in [-0.2, 0) is 19.3 Å². The van der Waals surface area contributed by atoms with Gasteiger partial charge in [-0.15, -0.1) is 0 Å². The molecule has 0 spiro atoms. The van der Waals surface area contributed by atoms with Crippen molar-refractivity contribution in [1.29, 1.82) is 0 Å². The molecule has 1 saturated heterocycles. The molecule has 4 aliphatic carbocycles. The Kier molecular flexibility index (Phi) is 14.4. The second-order valence-corrected chi connectivity index (χ2v) is 22.6. The molecule has 13 unspecified atom stereocenters.